The second kappa shape index (κ2) is 8.92. The van der Waals surface area contributed by atoms with Crippen LogP contribution in [0.2, 0.25) is 0 Å². The maximum absolute atomic E-state index is 13.4. The summed E-state index contributed by atoms with van der Waals surface area (Å²) in [5, 5.41) is 7.63. The quantitative estimate of drug-likeness (QED) is 0.247. The van der Waals surface area contributed by atoms with Crippen LogP contribution in [-0.2, 0) is 4.79 Å². The van der Waals surface area contributed by atoms with Gasteiger partial charge in [0.05, 0.1) is 0 Å². The van der Waals surface area contributed by atoms with Crippen LogP contribution in [0.25, 0.3) is 0 Å². The summed E-state index contributed by atoms with van der Waals surface area (Å²) in [6, 6.07) is 0. The van der Waals surface area contributed by atoms with Gasteiger partial charge in [-0.3, -0.25) is 0 Å². The van der Waals surface area contributed by atoms with Crippen molar-refractivity contribution < 1.29 is 111 Å². The van der Waals surface area contributed by atoms with E-state index >= 15 is 0 Å². The van der Waals surface area contributed by atoms with E-state index in [1.165, 1.54) is 0 Å². The summed E-state index contributed by atoms with van der Waals surface area (Å²) in [5.74, 6) is -94.6. The molecule has 0 saturated heterocycles. The van der Waals surface area contributed by atoms with Crippen molar-refractivity contribution in [2.75, 3.05) is 0 Å². The summed E-state index contributed by atoms with van der Waals surface area (Å²) in [5.41, 5.74) is 0. The molecule has 26 heteroatoms. The Morgan fingerprint density at radius 3 is 0.658 bits per heavy atom. The van der Waals surface area contributed by atoms with Crippen LogP contribution in [-0.4, -0.2) is 76.5 Å². The molecule has 0 aromatic heterocycles. The minimum absolute atomic E-state index is 0. The summed E-state index contributed by atoms with van der Waals surface area (Å²) < 4.78 is 298. The van der Waals surface area contributed by atoms with E-state index in [2.05, 4.69) is 0 Å². The van der Waals surface area contributed by atoms with Crippen LogP contribution in [0.5, 0.6) is 0 Å². The van der Waals surface area contributed by atoms with E-state index < -0.39 is 71.4 Å². The summed E-state index contributed by atoms with van der Waals surface area (Å²) >= 11 is 0. The van der Waals surface area contributed by atoms with E-state index in [9.17, 15) is 106 Å². The van der Waals surface area contributed by atoms with E-state index in [1.807, 2.05) is 0 Å². The monoisotopic (exact) mass is 632 g/mol. The average Bonchev–Trinajstić information content (AvgIpc) is 2.65. The van der Waals surface area contributed by atoms with Gasteiger partial charge >= 0.3 is 71.4 Å². The fraction of sp³-hybridized carbons (Fsp3) is 0.917. The molecule has 3 nitrogen and oxygen atoms in total. The maximum Gasteiger partial charge on any atom is 0.460 e. The van der Waals surface area contributed by atoms with Crippen LogP contribution >= 0.6 is 0 Å². The Kier molecular flexibility index (Phi) is 8.91. The zero-order valence-corrected chi connectivity index (χ0v) is 16.5. The number of hydrogen-bond acceptors (Lipinski definition) is 1. The predicted molar refractivity (Wildman–Crippen MR) is 69.1 cm³/mol. The number of rotatable bonds is 10. The highest BCUT2D eigenvalue weighted by atomic mass is 19.4. The van der Waals surface area contributed by atoms with Crippen molar-refractivity contribution in [2.24, 2.45) is 0 Å². The lowest BCUT2D eigenvalue weighted by Crippen LogP contribution is -2.78. The molecule has 38 heavy (non-hydrogen) atoms. The highest BCUT2D eigenvalue weighted by Crippen LogP contribution is 2.67. The zero-order valence-electron chi connectivity index (χ0n) is 16.5. The Labute approximate surface area is 190 Å². The van der Waals surface area contributed by atoms with Gasteiger partial charge in [0, 0.05) is 0 Å². The topological polar surface area (TPSA) is 73.8 Å². The Hall–Kier alpha value is -2.18. The molecule has 0 spiro atoms. The number of alkyl halides is 23. The van der Waals surface area contributed by atoms with E-state index in [0.717, 1.165) is 0 Å². The molecule has 0 bridgehead atoms. The van der Waals surface area contributed by atoms with Crippen molar-refractivity contribution in [3.8, 4) is 0 Å². The summed E-state index contributed by atoms with van der Waals surface area (Å²) in [6.07, 6.45) is -8.13. The molecule has 0 aliphatic heterocycles. The second-order valence-electron chi connectivity index (χ2n) is 6.55. The third kappa shape index (κ3) is 4.14. The first-order chi connectivity index (χ1) is 15.4. The Morgan fingerprint density at radius 2 is 0.500 bits per heavy atom. The van der Waals surface area contributed by atoms with Crippen LogP contribution in [0.1, 0.15) is 0 Å². The first-order valence-electron chi connectivity index (χ1n) is 7.52. The van der Waals surface area contributed by atoms with E-state index in [0.29, 0.717) is 0 Å². The van der Waals surface area contributed by atoms with Crippen LogP contribution in [0.3, 0.4) is 0 Å². The highest BCUT2D eigenvalue weighted by Gasteiger charge is 2.99. The molecular formula is C12H5F23NO2+. The van der Waals surface area contributed by atoms with Crippen molar-refractivity contribution >= 4 is 5.97 Å². The second-order valence-corrected chi connectivity index (χ2v) is 6.55. The van der Waals surface area contributed by atoms with Gasteiger partial charge in [-0.15, -0.1) is 0 Å². The molecule has 230 valence electrons. The Balaban J connectivity index is 0. The molecule has 0 radical (unpaired) electrons. The van der Waals surface area contributed by atoms with Gasteiger partial charge in [0.1, 0.15) is 0 Å². The summed E-state index contributed by atoms with van der Waals surface area (Å²) in [7, 11) is 0. The third-order valence-corrected chi connectivity index (χ3v) is 4.17. The SMILES string of the molecule is O=C(O)C(F)(F)C(F)(F)C(F)(F)C(F)(F)C(F)(F)C(F)(F)C(F)(F)C(F)(F)C(F)(F)C(F)(F)C(F)(F)F.[NH4+]. The first-order valence-corrected chi connectivity index (χ1v) is 7.52. The predicted octanol–water partition coefficient (Wildman–Crippen LogP) is 7.36. The van der Waals surface area contributed by atoms with Gasteiger partial charge in [0.2, 0.25) is 0 Å². The van der Waals surface area contributed by atoms with E-state index in [4.69, 9.17) is 5.11 Å². The summed E-state index contributed by atoms with van der Waals surface area (Å²) in [6.45, 7) is 0. The zero-order chi connectivity index (χ0) is 31.1. The van der Waals surface area contributed by atoms with Gasteiger partial charge in [-0.2, -0.15) is 101 Å². The molecule has 0 amide bonds. The van der Waals surface area contributed by atoms with Crippen molar-refractivity contribution in [1.82, 2.24) is 6.15 Å². The van der Waals surface area contributed by atoms with Crippen LogP contribution in [0, 0.1) is 0 Å². The van der Waals surface area contributed by atoms with Gasteiger partial charge in [-0.25, -0.2) is 4.79 Å². The number of carboxylic acid groups (broad SMARTS) is 1. The highest BCUT2D eigenvalue weighted by molar-refractivity contribution is 5.77. The molecule has 0 heterocycles. The largest absolute Gasteiger partial charge is 0.477 e. The van der Waals surface area contributed by atoms with Crippen LogP contribution in [0.15, 0.2) is 0 Å². The third-order valence-electron chi connectivity index (χ3n) is 4.17. The molecular weight excluding hydrogens is 627 g/mol. The Morgan fingerprint density at radius 1 is 0.342 bits per heavy atom. The molecule has 0 atom stereocenters. The minimum atomic E-state index is -9.50. The van der Waals surface area contributed by atoms with Crippen molar-refractivity contribution in [1.29, 1.82) is 0 Å². The van der Waals surface area contributed by atoms with Gasteiger partial charge in [0.15, 0.2) is 0 Å². The number of hydrogen-bond donors (Lipinski definition) is 2. The molecule has 0 aliphatic rings. The van der Waals surface area contributed by atoms with E-state index in [1.54, 1.807) is 0 Å². The van der Waals surface area contributed by atoms with Crippen LogP contribution in [0.4, 0.5) is 101 Å². The lowest BCUT2D eigenvalue weighted by molar-refractivity contribution is -0.477. The molecule has 0 rings (SSSR count). The molecule has 0 saturated carbocycles. The van der Waals surface area contributed by atoms with Crippen LogP contribution < -0.4 is 6.15 Å². The average molecular weight is 632 g/mol. The van der Waals surface area contributed by atoms with Gasteiger partial charge in [-0.1, -0.05) is 0 Å². The minimum Gasteiger partial charge on any atom is -0.477 e. The fourth-order valence-corrected chi connectivity index (χ4v) is 1.89. The van der Waals surface area contributed by atoms with Crippen molar-refractivity contribution in [3.05, 3.63) is 0 Å². The molecule has 0 unspecified atom stereocenters. The summed E-state index contributed by atoms with van der Waals surface area (Å²) in [4.78, 5) is 9.85. The van der Waals surface area contributed by atoms with E-state index in [-0.39, 0.29) is 6.15 Å². The number of carboxylic acids is 1. The lowest BCUT2D eigenvalue weighted by atomic mass is 9.85. The Bertz CT molecular complexity index is 885. The molecule has 0 aromatic carbocycles. The number of aliphatic carboxylic acids is 1. The number of halogens is 23. The maximum atomic E-state index is 13.4. The van der Waals surface area contributed by atoms with Crippen molar-refractivity contribution in [3.63, 3.8) is 0 Å². The number of carbonyl (C=O) groups is 1. The first kappa shape index (κ1) is 38.0. The van der Waals surface area contributed by atoms with Gasteiger partial charge in [0.25, 0.3) is 0 Å². The lowest BCUT2D eigenvalue weighted by Gasteiger charge is -2.44. The number of quaternary nitrogens is 1. The standard InChI is InChI=1S/C12HF23O2.H3N/c13-2(14,1(36)37)3(15,16)4(17,18)5(19,20)6(21,22)7(23,24)8(25,26)9(27,28)10(29,30)11(31,32)12(33,34)35;/h(H,36,37);1H3/p+1. The molecule has 0 aliphatic carbocycles. The molecule has 5 N–H and O–H groups in total. The fourth-order valence-electron chi connectivity index (χ4n) is 1.89. The molecule has 0 aromatic rings. The smallest absolute Gasteiger partial charge is 0.460 e. The van der Waals surface area contributed by atoms with Gasteiger partial charge < -0.3 is 11.3 Å². The molecule has 0 fully saturated rings. The van der Waals surface area contributed by atoms with Gasteiger partial charge in [-0.05, 0) is 0 Å². The van der Waals surface area contributed by atoms with Crippen molar-refractivity contribution in [2.45, 2.75) is 65.4 Å². The normalized spacial score (nSPS) is 16.3.